The van der Waals surface area contributed by atoms with Gasteiger partial charge in [-0.05, 0) is 37.1 Å². The van der Waals surface area contributed by atoms with Crippen molar-refractivity contribution in [3.8, 4) is 5.75 Å². The number of ether oxygens (including phenoxy) is 1. The smallest absolute Gasteiger partial charge is 0.118 e. The zero-order chi connectivity index (χ0) is 10.4. The monoisotopic (exact) mass is 195 g/mol. The number of hydrogen-bond donors (Lipinski definition) is 2. The van der Waals surface area contributed by atoms with Gasteiger partial charge in [0.15, 0.2) is 0 Å². The first-order valence-electron chi connectivity index (χ1n) is 4.77. The Labute approximate surface area is 84.5 Å². The number of rotatable bonds is 5. The molecule has 0 saturated carbocycles. The maximum absolute atomic E-state index is 9.52. The third-order valence-electron chi connectivity index (χ3n) is 2.13. The van der Waals surface area contributed by atoms with Crippen LogP contribution in [0.3, 0.4) is 0 Å². The van der Waals surface area contributed by atoms with E-state index in [1.54, 1.807) is 7.11 Å². The van der Waals surface area contributed by atoms with Crippen LogP contribution in [-0.4, -0.2) is 24.9 Å². The summed E-state index contributed by atoms with van der Waals surface area (Å²) < 4.78 is 5.04. The van der Waals surface area contributed by atoms with Crippen molar-refractivity contribution in [3.63, 3.8) is 0 Å². The van der Waals surface area contributed by atoms with Crippen LogP contribution in [0.1, 0.15) is 12.0 Å². The van der Waals surface area contributed by atoms with E-state index >= 15 is 0 Å². The molecular weight excluding hydrogens is 178 g/mol. The van der Waals surface area contributed by atoms with Gasteiger partial charge in [0.1, 0.15) is 5.75 Å². The number of hydrogen-bond acceptors (Lipinski definition) is 3. The van der Waals surface area contributed by atoms with Gasteiger partial charge in [-0.2, -0.15) is 0 Å². The molecule has 1 atom stereocenters. The zero-order valence-corrected chi connectivity index (χ0v) is 8.44. The van der Waals surface area contributed by atoms with E-state index in [1.165, 1.54) is 0 Å². The quantitative estimate of drug-likeness (QED) is 0.735. The van der Waals surface area contributed by atoms with E-state index in [0.29, 0.717) is 19.4 Å². The second kappa shape index (κ2) is 5.62. The lowest BCUT2D eigenvalue weighted by Gasteiger charge is -2.09. The lowest BCUT2D eigenvalue weighted by atomic mass is 10.1. The SMILES string of the molecule is COc1ccc(CC(O)CCN)cc1. The van der Waals surface area contributed by atoms with Gasteiger partial charge in [-0.3, -0.25) is 0 Å². The number of methoxy groups -OCH3 is 1. The van der Waals surface area contributed by atoms with Crippen LogP contribution in [0.15, 0.2) is 24.3 Å². The topological polar surface area (TPSA) is 55.5 Å². The van der Waals surface area contributed by atoms with Crippen LogP contribution < -0.4 is 10.5 Å². The Morgan fingerprint density at radius 3 is 2.50 bits per heavy atom. The molecule has 0 bridgehead atoms. The lowest BCUT2D eigenvalue weighted by molar-refractivity contribution is 0.167. The zero-order valence-electron chi connectivity index (χ0n) is 8.44. The van der Waals surface area contributed by atoms with Crippen LogP contribution in [0.5, 0.6) is 5.75 Å². The highest BCUT2D eigenvalue weighted by molar-refractivity contribution is 5.27. The molecule has 3 heteroatoms. The second-order valence-corrected chi connectivity index (χ2v) is 3.28. The molecule has 0 saturated heterocycles. The van der Waals surface area contributed by atoms with E-state index in [2.05, 4.69) is 0 Å². The standard InChI is InChI=1S/C11H17NO2/c1-14-11-4-2-9(3-5-11)8-10(13)6-7-12/h2-5,10,13H,6-8,12H2,1H3. The molecule has 0 aliphatic carbocycles. The van der Waals surface area contributed by atoms with Gasteiger partial charge in [-0.1, -0.05) is 12.1 Å². The van der Waals surface area contributed by atoms with E-state index in [0.717, 1.165) is 11.3 Å². The maximum atomic E-state index is 9.52. The number of aliphatic hydroxyl groups is 1. The third kappa shape index (κ3) is 3.36. The van der Waals surface area contributed by atoms with Crippen molar-refractivity contribution in [1.29, 1.82) is 0 Å². The molecule has 1 aromatic carbocycles. The fourth-order valence-corrected chi connectivity index (χ4v) is 1.33. The number of nitrogens with two attached hydrogens (primary N) is 1. The first kappa shape index (κ1) is 11.0. The summed E-state index contributed by atoms with van der Waals surface area (Å²) in [5.74, 6) is 0.835. The van der Waals surface area contributed by atoms with E-state index in [-0.39, 0.29) is 6.10 Å². The van der Waals surface area contributed by atoms with Crippen molar-refractivity contribution < 1.29 is 9.84 Å². The van der Waals surface area contributed by atoms with Crippen molar-refractivity contribution in [3.05, 3.63) is 29.8 Å². The van der Waals surface area contributed by atoms with Crippen LogP contribution in [0.2, 0.25) is 0 Å². The molecule has 0 aliphatic heterocycles. The molecule has 78 valence electrons. The molecule has 1 unspecified atom stereocenters. The molecule has 14 heavy (non-hydrogen) atoms. The minimum Gasteiger partial charge on any atom is -0.497 e. The fraction of sp³-hybridized carbons (Fsp3) is 0.455. The average molecular weight is 195 g/mol. The van der Waals surface area contributed by atoms with Crippen LogP contribution in [0, 0.1) is 0 Å². The molecule has 1 aromatic rings. The van der Waals surface area contributed by atoms with Gasteiger partial charge in [-0.25, -0.2) is 0 Å². The maximum Gasteiger partial charge on any atom is 0.118 e. The van der Waals surface area contributed by atoms with E-state index in [1.807, 2.05) is 24.3 Å². The average Bonchev–Trinajstić information content (AvgIpc) is 2.19. The van der Waals surface area contributed by atoms with Crippen LogP contribution in [-0.2, 0) is 6.42 Å². The summed E-state index contributed by atoms with van der Waals surface area (Å²) in [5.41, 5.74) is 6.45. The Hall–Kier alpha value is -1.06. The summed E-state index contributed by atoms with van der Waals surface area (Å²) >= 11 is 0. The molecule has 1 rings (SSSR count). The first-order valence-corrected chi connectivity index (χ1v) is 4.77. The van der Waals surface area contributed by atoms with Gasteiger partial charge < -0.3 is 15.6 Å². The molecule has 3 nitrogen and oxygen atoms in total. The summed E-state index contributed by atoms with van der Waals surface area (Å²) in [5, 5.41) is 9.52. The van der Waals surface area contributed by atoms with Crippen molar-refractivity contribution in [2.45, 2.75) is 18.9 Å². The van der Waals surface area contributed by atoms with Crippen LogP contribution in [0.4, 0.5) is 0 Å². The predicted molar refractivity (Wildman–Crippen MR) is 56.4 cm³/mol. The Balaban J connectivity index is 2.50. The second-order valence-electron chi connectivity index (χ2n) is 3.28. The summed E-state index contributed by atoms with van der Waals surface area (Å²) in [6.45, 7) is 0.525. The van der Waals surface area contributed by atoms with Crippen molar-refractivity contribution in [2.24, 2.45) is 5.73 Å². The van der Waals surface area contributed by atoms with E-state index < -0.39 is 0 Å². The van der Waals surface area contributed by atoms with Gasteiger partial charge in [0.05, 0.1) is 13.2 Å². The lowest BCUT2D eigenvalue weighted by Crippen LogP contribution is -2.15. The van der Waals surface area contributed by atoms with Crippen LogP contribution in [0.25, 0.3) is 0 Å². The minimum absolute atomic E-state index is 0.339. The largest absolute Gasteiger partial charge is 0.497 e. The number of benzene rings is 1. The predicted octanol–water partition coefficient (Wildman–Crippen LogP) is 0.947. The van der Waals surface area contributed by atoms with Gasteiger partial charge in [0, 0.05) is 0 Å². The molecule has 0 aliphatic rings. The van der Waals surface area contributed by atoms with E-state index in [9.17, 15) is 5.11 Å². The summed E-state index contributed by atoms with van der Waals surface area (Å²) in [6.07, 6.45) is 0.959. The molecule has 0 spiro atoms. The Morgan fingerprint density at radius 1 is 1.36 bits per heavy atom. The Bertz CT molecular complexity index is 258. The first-order chi connectivity index (χ1) is 6.76. The van der Waals surface area contributed by atoms with Crippen molar-refractivity contribution in [2.75, 3.05) is 13.7 Å². The molecular formula is C11H17NO2. The third-order valence-corrected chi connectivity index (χ3v) is 2.13. The highest BCUT2D eigenvalue weighted by atomic mass is 16.5. The summed E-state index contributed by atoms with van der Waals surface area (Å²) in [4.78, 5) is 0. The highest BCUT2D eigenvalue weighted by Crippen LogP contribution is 2.13. The Morgan fingerprint density at radius 2 is 2.00 bits per heavy atom. The molecule has 0 radical (unpaired) electrons. The molecule has 3 N–H and O–H groups in total. The summed E-state index contributed by atoms with van der Waals surface area (Å²) in [7, 11) is 1.64. The van der Waals surface area contributed by atoms with Gasteiger partial charge in [0.25, 0.3) is 0 Å². The highest BCUT2D eigenvalue weighted by Gasteiger charge is 2.03. The van der Waals surface area contributed by atoms with Gasteiger partial charge >= 0.3 is 0 Å². The fourth-order valence-electron chi connectivity index (χ4n) is 1.33. The van der Waals surface area contributed by atoms with Crippen molar-refractivity contribution >= 4 is 0 Å². The molecule has 0 amide bonds. The van der Waals surface area contributed by atoms with Gasteiger partial charge in [-0.15, -0.1) is 0 Å². The molecule has 0 aromatic heterocycles. The normalized spacial score (nSPS) is 12.5. The van der Waals surface area contributed by atoms with E-state index in [4.69, 9.17) is 10.5 Å². The Kier molecular flexibility index (Phi) is 4.43. The molecule has 0 heterocycles. The van der Waals surface area contributed by atoms with Crippen LogP contribution >= 0.6 is 0 Å². The van der Waals surface area contributed by atoms with Crippen molar-refractivity contribution in [1.82, 2.24) is 0 Å². The summed E-state index contributed by atoms with van der Waals surface area (Å²) in [6, 6.07) is 7.70. The molecule has 0 fully saturated rings. The number of aliphatic hydroxyl groups excluding tert-OH is 1. The minimum atomic E-state index is -0.339. The van der Waals surface area contributed by atoms with Gasteiger partial charge in [0.2, 0.25) is 0 Å².